The number of Topliss-reactive ketones (excluding diaryl/α,β-unsaturated/α-hetero) is 1. The number of ketones is 1. The highest BCUT2D eigenvalue weighted by Gasteiger charge is 2.36. The van der Waals surface area contributed by atoms with E-state index in [-0.39, 0.29) is 55.1 Å². The SMILES string of the molecule is Cc1cc(OCc2c(F)cccc2F)n2nc(C)c(C(=O)CCC(C)(CCC(F)(F)F)CC(=O)OCc3ccccc3)c2c1. The summed E-state index contributed by atoms with van der Waals surface area (Å²) in [5, 5.41) is 4.41. The molecule has 1 unspecified atom stereocenters. The van der Waals surface area contributed by atoms with Crippen molar-refractivity contribution in [3.63, 3.8) is 0 Å². The van der Waals surface area contributed by atoms with E-state index in [0.29, 0.717) is 16.8 Å². The summed E-state index contributed by atoms with van der Waals surface area (Å²) < 4.78 is 80.3. The topological polar surface area (TPSA) is 69.9 Å². The van der Waals surface area contributed by atoms with Gasteiger partial charge >= 0.3 is 12.1 Å². The van der Waals surface area contributed by atoms with Gasteiger partial charge in [0.15, 0.2) is 5.78 Å². The molecule has 0 saturated carbocycles. The summed E-state index contributed by atoms with van der Waals surface area (Å²) in [5.41, 5.74) is 0.991. The third kappa shape index (κ3) is 8.42. The third-order valence-corrected chi connectivity index (χ3v) is 7.51. The fourth-order valence-corrected chi connectivity index (χ4v) is 5.05. The van der Waals surface area contributed by atoms with E-state index in [9.17, 15) is 31.5 Å². The van der Waals surface area contributed by atoms with Crippen LogP contribution >= 0.6 is 0 Å². The molecule has 2 aromatic carbocycles. The van der Waals surface area contributed by atoms with Crippen LogP contribution in [0.15, 0.2) is 60.7 Å². The molecule has 0 aliphatic heterocycles. The molecular weight excluding hydrogens is 583 g/mol. The van der Waals surface area contributed by atoms with E-state index in [2.05, 4.69) is 5.10 Å². The number of esters is 1. The molecule has 44 heavy (non-hydrogen) atoms. The number of pyridine rings is 1. The van der Waals surface area contributed by atoms with Gasteiger partial charge in [-0.1, -0.05) is 43.3 Å². The van der Waals surface area contributed by atoms with E-state index in [0.717, 1.165) is 17.7 Å². The maximum Gasteiger partial charge on any atom is 0.389 e. The zero-order chi connectivity index (χ0) is 32.1. The van der Waals surface area contributed by atoms with E-state index in [1.165, 1.54) is 10.6 Å². The first kappa shape index (κ1) is 32.6. The van der Waals surface area contributed by atoms with Crippen molar-refractivity contribution in [1.29, 1.82) is 0 Å². The third-order valence-electron chi connectivity index (χ3n) is 7.51. The Labute approximate surface area is 251 Å². The number of carbonyl (C=O) groups excluding carboxylic acids is 2. The molecule has 0 N–H and O–H groups in total. The number of benzene rings is 2. The van der Waals surface area contributed by atoms with Crippen LogP contribution in [-0.2, 0) is 22.7 Å². The summed E-state index contributed by atoms with van der Waals surface area (Å²) in [4.78, 5) is 26.2. The van der Waals surface area contributed by atoms with Crippen LogP contribution in [0.3, 0.4) is 0 Å². The van der Waals surface area contributed by atoms with Crippen molar-refractivity contribution < 1.29 is 41.0 Å². The molecule has 234 valence electrons. The molecule has 6 nitrogen and oxygen atoms in total. The quantitative estimate of drug-likeness (QED) is 0.0860. The Morgan fingerprint density at radius 3 is 2.23 bits per heavy atom. The molecule has 1 atom stereocenters. The predicted octanol–water partition coefficient (Wildman–Crippen LogP) is 8.25. The number of nitrogens with zero attached hydrogens (tertiary/aromatic N) is 2. The van der Waals surface area contributed by atoms with Gasteiger partial charge in [-0.25, -0.2) is 13.3 Å². The van der Waals surface area contributed by atoms with Crippen molar-refractivity contribution in [2.24, 2.45) is 5.41 Å². The Bertz CT molecular complexity index is 1610. The Morgan fingerprint density at radius 2 is 1.57 bits per heavy atom. The normalized spacial score (nSPS) is 13.1. The molecule has 0 spiro atoms. The number of ether oxygens (including phenoxy) is 2. The molecule has 2 aromatic heterocycles. The standard InChI is InChI=1S/C33H33F5N2O4/c1-21-16-27-31(22(2)39-40(27)29(17-21)43-20-24-25(34)10-7-11-26(24)35)28(41)12-13-32(3,14-15-33(36,37)38)18-30(42)44-19-23-8-5-4-6-9-23/h4-11,16-17H,12-15,18-20H2,1-3H3. The van der Waals surface area contributed by atoms with Crippen LogP contribution in [0, 0.1) is 30.9 Å². The average molecular weight is 617 g/mol. The van der Waals surface area contributed by atoms with Gasteiger partial charge in [-0.15, -0.1) is 0 Å². The molecule has 0 saturated heterocycles. The van der Waals surface area contributed by atoms with Crippen molar-refractivity contribution >= 4 is 17.3 Å². The minimum absolute atomic E-state index is 0.000857. The largest absolute Gasteiger partial charge is 0.473 e. The smallest absolute Gasteiger partial charge is 0.389 e. The fraction of sp³-hybridized carbons (Fsp3) is 0.364. The van der Waals surface area contributed by atoms with Gasteiger partial charge in [0.1, 0.15) is 24.8 Å². The van der Waals surface area contributed by atoms with Gasteiger partial charge in [-0.3, -0.25) is 9.59 Å². The number of alkyl halides is 3. The molecule has 0 aliphatic rings. The van der Waals surface area contributed by atoms with Crippen LogP contribution in [0.1, 0.15) is 71.8 Å². The molecule has 4 aromatic rings. The number of hydrogen-bond acceptors (Lipinski definition) is 5. The van der Waals surface area contributed by atoms with Gasteiger partial charge in [-0.05, 0) is 61.4 Å². The van der Waals surface area contributed by atoms with Gasteiger partial charge in [0, 0.05) is 18.9 Å². The maximum atomic E-state index is 14.1. The van der Waals surface area contributed by atoms with Crippen LogP contribution in [0.4, 0.5) is 22.0 Å². The summed E-state index contributed by atoms with van der Waals surface area (Å²) in [5.74, 6) is -2.40. The van der Waals surface area contributed by atoms with E-state index < -0.39 is 42.2 Å². The monoisotopic (exact) mass is 616 g/mol. The Kier molecular flexibility index (Phi) is 10.1. The minimum atomic E-state index is -4.43. The highest BCUT2D eigenvalue weighted by atomic mass is 19.4. The molecule has 11 heteroatoms. The lowest BCUT2D eigenvalue weighted by Gasteiger charge is -2.29. The second kappa shape index (κ2) is 13.6. The molecular formula is C33H33F5N2O4. The second-order valence-corrected chi connectivity index (χ2v) is 11.3. The van der Waals surface area contributed by atoms with Gasteiger partial charge in [0.25, 0.3) is 0 Å². The summed E-state index contributed by atoms with van der Waals surface area (Å²) >= 11 is 0. The fourth-order valence-electron chi connectivity index (χ4n) is 5.05. The molecule has 0 aliphatic carbocycles. The summed E-state index contributed by atoms with van der Waals surface area (Å²) in [7, 11) is 0. The van der Waals surface area contributed by atoms with Gasteiger partial charge < -0.3 is 9.47 Å². The highest BCUT2D eigenvalue weighted by molar-refractivity contribution is 6.03. The number of fused-ring (bicyclic) bond motifs is 1. The maximum absolute atomic E-state index is 14.1. The first-order chi connectivity index (χ1) is 20.7. The summed E-state index contributed by atoms with van der Waals surface area (Å²) in [6.07, 6.45) is -6.34. The zero-order valence-corrected chi connectivity index (χ0v) is 24.6. The van der Waals surface area contributed by atoms with E-state index in [1.54, 1.807) is 57.2 Å². The van der Waals surface area contributed by atoms with Crippen molar-refractivity contribution in [3.8, 4) is 5.88 Å². The number of aryl methyl sites for hydroxylation is 2. The number of hydrogen-bond donors (Lipinski definition) is 0. The van der Waals surface area contributed by atoms with Gasteiger partial charge in [0.2, 0.25) is 5.88 Å². The highest BCUT2D eigenvalue weighted by Crippen LogP contribution is 2.38. The Morgan fingerprint density at radius 1 is 0.886 bits per heavy atom. The van der Waals surface area contributed by atoms with Crippen molar-refractivity contribution in [3.05, 3.63) is 100 Å². The molecule has 2 heterocycles. The minimum Gasteiger partial charge on any atom is -0.473 e. The summed E-state index contributed by atoms with van der Waals surface area (Å²) in [6, 6.07) is 15.7. The van der Waals surface area contributed by atoms with Crippen LogP contribution < -0.4 is 4.74 Å². The lowest BCUT2D eigenvalue weighted by atomic mass is 9.77. The number of halogens is 5. The van der Waals surface area contributed by atoms with Crippen LogP contribution in [0.2, 0.25) is 0 Å². The number of aromatic nitrogens is 2. The lowest BCUT2D eigenvalue weighted by molar-refractivity contribution is -0.152. The first-order valence-electron chi connectivity index (χ1n) is 14.1. The Hall–Kier alpha value is -4.28. The van der Waals surface area contributed by atoms with E-state index in [1.807, 2.05) is 6.07 Å². The molecule has 0 amide bonds. The average Bonchev–Trinajstić information content (AvgIpc) is 3.29. The molecule has 4 rings (SSSR count). The van der Waals surface area contributed by atoms with Crippen molar-refractivity contribution in [2.75, 3.05) is 0 Å². The zero-order valence-electron chi connectivity index (χ0n) is 24.6. The molecule has 0 bridgehead atoms. The Balaban J connectivity index is 1.51. The van der Waals surface area contributed by atoms with Crippen LogP contribution in [0.25, 0.3) is 5.52 Å². The van der Waals surface area contributed by atoms with Crippen LogP contribution in [0.5, 0.6) is 5.88 Å². The molecule has 0 radical (unpaired) electrons. The number of rotatable bonds is 13. The molecule has 0 fully saturated rings. The van der Waals surface area contributed by atoms with Crippen molar-refractivity contribution in [2.45, 2.75) is 72.3 Å². The van der Waals surface area contributed by atoms with Gasteiger partial charge in [0.05, 0.1) is 28.8 Å². The van der Waals surface area contributed by atoms with Crippen molar-refractivity contribution in [1.82, 2.24) is 9.61 Å². The first-order valence-corrected chi connectivity index (χ1v) is 14.1. The predicted molar refractivity (Wildman–Crippen MR) is 153 cm³/mol. The van der Waals surface area contributed by atoms with Gasteiger partial charge in [-0.2, -0.15) is 18.3 Å². The number of carbonyl (C=O) groups is 2. The summed E-state index contributed by atoms with van der Waals surface area (Å²) in [6.45, 7) is 4.48. The van der Waals surface area contributed by atoms with Crippen LogP contribution in [-0.4, -0.2) is 27.5 Å². The van der Waals surface area contributed by atoms with E-state index in [4.69, 9.17) is 9.47 Å². The second-order valence-electron chi connectivity index (χ2n) is 11.3. The lowest BCUT2D eigenvalue weighted by Crippen LogP contribution is -2.26. The van der Waals surface area contributed by atoms with E-state index >= 15 is 0 Å².